The molecule has 1 aliphatic heterocycles. The average molecular weight is 316 g/mol. The quantitative estimate of drug-likeness (QED) is 0.855. The molecule has 0 N–H and O–H groups in total. The molecule has 2 aromatic heterocycles. The summed E-state index contributed by atoms with van der Waals surface area (Å²) >= 11 is 0. The van der Waals surface area contributed by atoms with Crippen LogP contribution in [0.4, 0.5) is 0 Å². The Bertz CT molecular complexity index is 757. The molecule has 0 saturated carbocycles. The minimum atomic E-state index is -0.0309. The van der Waals surface area contributed by atoms with E-state index in [9.17, 15) is 9.59 Å². The number of aromatic nitrogens is 3. The summed E-state index contributed by atoms with van der Waals surface area (Å²) in [5, 5.41) is 3.66. The molecule has 3 rings (SSSR count). The number of hydrogen-bond acceptors (Lipinski definition) is 5. The van der Waals surface area contributed by atoms with Crippen LogP contribution in [-0.2, 0) is 6.54 Å². The molecule has 0 aromatic carbocycles. The summed E-state index contributed by atoms with van der Waals surface area (Å²) in [4.78, 5) is 30.4. The third-order valence-electron chi connectivity index (χ3n) is 4.41. The second-order valence-corrected chi connectivity index (χ2v) is 6.07. The lowest BCUT2D eigenvalue weighted by Crippen LogP contribution is -2.40. The fraction of sp³-hybridized carbons (Fsp3) is 0.500. The summed E-state index contributed by atoms with van der Waals surface area (Å²) in [5.41, 5.74) is 1.20. The van der Waals surface area contributed by atoms with Crippen LogP contribution >= 0.6 is 0 Å². The van der Waals surface area contributed by atoms with Crippen molar-refractivity contribution >= 4 is 5.91 Å². The van der Waals surface area contributed by atoms with Crippen molar-refractivity contribution in [3.63, 3.8) is 0 Å². The Hall–Kier alpha value is -2.44. The van der Waals surface area contributed by atoms with E-state index in [0.29, 0.717) is 42.4 Å². The van der Waals surface area contributed by atoms with Crippen molar-refractivity contribution in [2.24, 2.45) is 5.92 Å². The van der Waals surface area contributed by atoms with Crippen molar-refractivity contribution in [3.8, 4) is 0 Å². The number of amides is 1. The van der Waals surface area contributed by atoms with Crippen LogP contribution in [0.25, 0.3) is 0 Å². The van der Waals surface area contributed by atoms with Crippen LogP contribution in [0.1, 0.15) is 34.5 Å². The van der Waals surface area contributed by atoms with Gasteiger partial charge in [0.25, 0.3) is 11.5 Å². The van der Waals surface area contributed by atoms with Crippen molar-refractivity contribution in [2.75, 3.05) is 13.1 Å². The first kappa shape index (κ1) is 15.5. The number of rotatable bonds is 3. The number of aryl methyl sites for hydroxylation is 2. The van der Waals surface area contributed by atoms with Gasteiger partial charge in [0.15, 0.2) is 0 Å². The lowest BCUT2D eigenvalue weighted by Gasteiger charge is -2.32. The molecule has 3 heterocycles. The Kier molecular flexibility index (Phi) is 4.27. The van der Waals surface area contributed by atoms with E-state index >= 15 is 0 Å². The average Bonchev–Trinajstić information content (AvgIpc) is 2.98. The molecule has 23 heavy (non-hydrogen) atoms. The van der Waals surface area contributed by atoms with Crippen LogP contribution in [-0.4, -0.2) is 38.6 Å². The van der Waals surface area contributed by atoms with Crippen molar-refractivity contribution in [2.45, 2.75) is 33.2 Å². The molecule has 0 radical (unpaired) electrons. The lowest BCUT2D eigenvalue weighted by atomic mass is 9.96. The van der Waals surface area contributed by atoms with Gasteiger partial charge in [-0.25, -0.2) is 4.98 Å². The number of hydrogen-bond donors (Lipinski definition) is 0. The van der Waals surface area contributed by atoms with Gasteiger partial charge in [-0.2, -0.15) is 0 Å². The molecular weight excluding hydrogens is 296 g/mol. The Morgan fingerprint density at radius 1 is 1.30 bits per heavy atom. The first-order chi connectivity index (χ1) is 11.1. The first-order valence-electron chi connectivity index (χ1n) is 7.78. The van der Waals surface area contributed by atoms with E-state index in [-0.39, 0.29) is 11.5 Å². The van der Waals surface area contributed by atoms with E-state index in [1.54, 1.807) is 30.9 Å². The van der Waals surface area contributed by atoms with Crippen molar-refractivity contribution < 1.29 is 9.32 Å². The van der Waals surface area contributed by atoms with Crippen LogP contribution in [0.2, 0.25) is 0 Å². The van der Waals surface area contributed by atoms with Gasteiger partial charge in [0.1, 0.15) is 11.3 Å². The largest absolute Gasteiger partial charge is 0.361 e. The maximum atomic E-state index is 12.4. The zero-order valence-corrected chi connectivity index (χ0v) is 13.4. The predicted molar refractivity (Wildman–Crippen MR) is 83.1 cm³/mol. The van der Waals surface area contributed by atoms with Gasteiger partial charge in [0, 0.05) is 31.4 Å². The van der Waals surface area contributed by atoms with Gasteiger partial charge in [-0.1, -0.05) is 5.16 Å². The highest BCUT2D eigenvalue weighted by atomic mass is 16.5. The molecule has 2 aromatic rings. The zero-order chi connectivity index (χ0) is 16.4. The van der Waals surface area contributed by atoms with Crippen molar-refractivity contribution in [1.29, 1.82) is 0 Å². The van der Waals surface area contributed by atoms with Gasteiger partial charge >= 0.3 is 0 Å². The van der Waals surface area contributed by atoms with Gasteiger partial charge in [0.05, 0.1) is 12.5 Å². The Morgan fingerprint density at radius 2 is 2.04 bits per heavy atom. The van der Waals surface area contributed by atoms with Crippen LogP contribution in [0, 0.1) is 19.8 Å². The summed E-state index contributed by atoms with van der Waals surface area (Å²) < 4.78 is 6.63. The number of carbonyl (C=O) groups excluding carboxylic acids is 1. The first-order valence-corrected chi connectivity index (χ1v) is 7.78. The highest BCUT2D eigenvalue weighted by molar-refractivity contribution is 5.94. The van der Waals surface area contributed by atoms with E-state index in [1.807, 2.05) is 4.90 Å². The fourth-order valence-electron chi connectivity index (χ4n) is 2.96. The maximum absolute atomic E-state index is 12.4. The van der Waals surface area contributed by atoms with Crippen LogP contribution in [0.15, 0.2) is 28.0 Å². The summed E-state index contributed by atoms with van der Waals surface area (Å²) in [6.45, 7) is 5.53. The van der Waals surface area contributed by atoms with E-state index < -0.39 is 0 Å². The van der Waals surface area contributed by atoms with E-state index in [2.05, 4.69) is 10.1 Å². The minimum Gasteiger partial charge on any atom is -0.361 e. The predicted octanol–water partition coefficient (Wildman–Crippen LogP) is 1.40. The molecule has 7 nitrogen and oxygen atoms in total. The summed E-state index contributed by atoms with van der Waals surface area (Å²) in [5.74, 6) is 0.898. The third-order valence-corrected chi connectivity index (χ3v) is 4.41. The number of likely N-dealkylation sites (tertiary alicyclic amines) is 1. The molecule has 0 bridgehead atoms. The zero-order valence-electron chi connectivity index (χ0n) is 13.4. The van der Waals surface area contributed by atoms with Gasteiger partial charge < -0.3 is 9.42 Å². The molecule has 0 unspecified atom stereocenters. The lowest BCUT2D eigenvalue weighted by molar-refractivity contribution is 0.0680. The standard InChI is InChI=1S/C16H20N4O3/c1-11-7-17-10-20(15(11)21)9-13-3-5-19(6-4-13)16(22)14-8-18-23-12(14)2/h7-8,10,13H,3-6,9H2,1-2H3. The maximum Gasteiger partial charge on any atom is 0.259 e. The Balaban J connectivity index is 1.60. The van der Waals surface area contributed by atoms with Crippen LogP contribution in [0.3, 0.4) is 0 Å². The van der Waals surface area contributed by atoms with Crippen LogP contribution < -0.4 is 5.56 Å². The molecule has 122 valence electrons. The van der Waals surface area contributed by atoms with Crippen molar-refractivity contribution in [3.05, 3.63) is 46.0 Å². The van der Waals surface area contributed by atoms with Gasteiger partial charge in [0.2, 0.25) is 0 Å². The smallest absolute Gasteiger partial charge is 0.259 e. The molecule has 0 spiro atoms. The highest BCUT2D eigenvalue weighted by Crippen LogP contribution is 2.21. The molecule has 1 fully saturated rings. The molecule has 0 aliphatic carbocycles. The highest BCUT2D eigenvalue weighted by Gasteiger charge is 2.26. The van der Waals surface area contributed by atoms with E-state index in [0.717, 1.165) is 12.8 Å². The second-order valence-electron chi connectivity index (χ2n) is 6.07. The topological polar surface area (TPSA) is 81.2 Å². The normalized spacial score (nSPS) is 15.8. The van der Waals surface area contributed by atoms with Crippen molar-refractivity contribution in [1.82, 2.24) is 19.6 Å². The van der Waals surface area contributed by atoms with Gasteiger partial charge in [-0.15, -0.1) is 0 Å². The Labute approximate surface area is 133 Å². The molecular formula is C16H20N4O3. The van der Waals surface area contributed by atoms with E-state index in [4.69, 9.17) is 4.52 Å². The van der Waals surface area contributed by atoms with E-state index in [1.165, 1.54) is 6.20 Å². The SMILES string of the molecule is Cc1oncc1C(=O)N1CCC(Cn2cncc(C)c2=O)CC1. The number of piperidine rings is 1. The Morgan fingerprint density at radius 3 is 2.70 bits per heavy atom. The second kappa shape index (κ2) is 6.36. The monoisotopic (exact) mass is 316 g/mol. The number of nitrogens with zero attached hydrogens (tertiary/aromatic N) is 4. The molecule has 0 atom stereocenters. The summed E-state index contributed by atoms with van der Waals surface area (Å²) in [6, 6.07) is 0. The number of carbonyl (C=O) groups is 1. The minimum absolute atomic E-state index is 0.0126. The summed E-state index contributed by atoms with van der Waals surface area (Å²) in [6.07, 6.45) is 6.39. The van der Waals surface area contributed by atoms with Gasteiger partial charge in [-0.05, 0) is 32.6 Å². The summed E-state index contributed by atoms with van der Waals surface area (Å²) in [7, 11) is 0. The van der Waals surface area contributed by atoms with Gasteiger partial charge in [-0.3, -0.25) is 14.2 Å². The fourth-order valence-corrected chi connectivity index (χ4v) is 2.96. The van der Waals surface area contributed by atoms with Crippen LogP contribution in [0.5, 0.6) is 0 Å². The molecule has 7 heteroatoms. The molecule has 1 amide bonds. The third kappa shape index (κ3) is 3.18. The molecule has 1 saturated heterocycles. The molecule has 1 aliphatic rings.